The van der Waals surface area contributed by atoms with Gasteiger partial charge in [-0.15, -0.1) is 11.8 Å². The average molecular weight is 358 g/mol. The summed E-state index contributed by atoms with van der Waals surface area (Å²) in [5.41, 5.74) is 10.7. The van der Waals surface area contributed by atoms with E-state index >= 15 is 0 Å². The third-order valence-electron chi connectivity index (χ3n) is 3.13. The highest BCUT2D eigenvalue weighted by molar-refractivity contribution is 7.99. The van der Waals surface area contributed by atoms with E-state index in [1.54, 1.807) is 35.7 Å². The lowest BCUT2D eigenvalue weighted by molar-refractivity contribution is -0.131. The second-order valence-electron chi connectivity index (χ2n) is 4.77. The van der Waals surface area contributed by atoms with Gasteiger partial charge >= 0.3 is 0 Å². The van der Waals surface area contributed by atoms with Crippen molar-refractivity contribution in [2.75, 3.05) is 17.8 Å². The van der Waals surface area contributed by atoms with Crippen LogP contribution in [0, 0.1) is 0 Å². The Morgan fingerprint density at radius 2 is 1.91 bits per heavy atom. The van der Waals surface area contributed by atoms with Crippen molar-refractivity contribution in [3.05, 3.63) is 29.8 Å². The van der Waals surface area contributed by atoms with E-state index in [-0.39, 0.29) is 0 Å². The van der Waals surface area contributed by atoms with Crippen molar-refractivity contribution in [2.45, 2.75) is 30.4 Å². The molecule has 8 heteroatoms. The number of nitrogens with two attached hydrogens (primary N) is 1. The summed E-state index contributed by atoms with van der Waals surface area (Å²) in [6.07, 6.45) is 1.11. The third kappa shape index (κ3) is 6.82. The lowest BCUT2D eigenvalue weighted by Gasteiger charge is -2.18. The molecule has 0 aliphatic carbocycles. The van der Waals surface area contributed by atoms with E-state index in [1.807, 2.05) is 25.3 Å². The molecule has 128 valence electrons. The number of aliphatic hydroxyl groups is 1. The molecule has 2 amide bonds. The number of aliphatic hydroxyl groups excluding tert-OH is 1. The summed E-state index contributed by atoms with van der Waals surface area (Å²) in [5.74, 6) is 0.567. The van der Waals surface area contributed by atoms with E-state index in [2.05, 4.69) is 10.9 Å². The molecule has 23 heavy (non-hydrogen) atoms. The van der Waals surface area contributed by atoms with Crippen LogP contribution in [0.15, 0.2) is 29.2 Å². The van der Waals surface area contributed by atoms with Crippen LogP contribution in [-0.2, 0) is 4.79 Å². The molecule has 1 aromatic rings. The molecule has 2 atom stereocenters. The number of nitrogens with one attached hydrogen (secondary N) is 2. The first-order valence-electron chi connectivity index (χ1n) is 7.25. The van der Waals surface area contributed by atoms with Crippen LogP contribution < -0.4 is 16.6 Å². The molecule has 0 aliphatic heterocycles. The van der Waals surface area contributed by atoms with E-state index in [4.69, 9.17) is 5.73 Å². The van der Waals surface area contributed by atoms with E-state index in [1.165, 1.54) is 0 Å². The van der Waals surface area contributed by atoms with Gasteiger partial charge in [-0.1, -0.05) is 6.92 Å². The molecule has 0 aromatic heterocycles. The molecular formula is C15H23N3O3S2. The Bertz CT molecular complexity index is 511. The van der Waals surface area contributed by atoms with Crippen molar-refractivity contribution in [2.24, 2.45) is 5.73 Å². The number of rotatable bonds is 8. The van der Waals surface area contributed by atoms with Gasteiger partial charge in [0, 0.05) is 16.5 Å². The Kier molecular flexibility index (Phi) is 9.08. The van der Waals surface area contributed by atoms with Gasteiger partial charge in [-0.05, 0) is 48.4 Å². The molecule has 0 saturated heterocycles. The summed E-state index contributed by atoms with van der Waals surface area (Å²) in [7, 11) is 0. The summed E-state index contributed by atoms with van der Waals surface area (Å²) in [6.45, 7) is 2.03. The summed E-state index contributed by atoms with van der Waals surface area (Å²) in [4.78, 5) is 24.7. The number of benzene rings is 1. The lowest BCUT2D eigenvalue weighted by atomic mass is 10.1. The van der Waals surface area contributed by atoms with Crippen LogP contribution in [0.25, 0.3) is 0 Å². The number of carbonyl (C=O) groups is 2. The lowest BCUT2D eigenvalue weighted by Crippen LogP contribution is -2.52. The highest BCUT2D eigenvalue weighted by atomic mass is 32.2. The van der Waals surface area contributed by atoms with E-state index in [9.17, 15) is 14.7 Å². The Morgan fingerprint density at radius 3 is 2.48 bits per heavy atom. The van der Waals surface area contributed by atoms with Gasteiger partial charge in [-0.3, -0.25) is 20.4 Å². The van der Waals surface area contributed by atoms with E-state index in [0.29, 0.717) is 12.0 Å². The zero-order chi connectivity index (χ0) is 17.2. The standard InChI is InChI=1S/C15H23N3O3S2/c1-3-23-9-8-12(16)13(19)15(21)18-17-14(20)10-4-6-11(22-2)7-5-10/h4-7,12-13,19H,3,8-9,16H2,1-2H3,(H,17,20)(H,18,21)/t12-,13?/m1/s1. The molecule has 0 fully saturated rings. The minimum atomic E-state index is -1.35. The van der Waals surface area contributed by atoms with Gasteiger partial charge in [0.25, 0.3) is 11.8 Å². The number of hydrogen-bond acceptors (Lipinski definition) is 6. The fourth-order valence-electron chi connectivity index (χ4n) is 1.72. The van der Waals surface area contributed by atoms with Gasteiger partial charge < -0.3 is 10.8 Å². The van der Waals surface area contributed by atoms with Crippen LogP contribution in [0.5, 0.6) is 0 Å². The van der Waals surface area contributed by atoms with E-state index in [0.717, 1.165) is 16.4 Å². The highest BCUT2D eigenvalue weighted by Gasteiger charge is 2.23. The molecule has 6 nitrogen and oxygen atoms in total. The smallest absolute Gasteiger partial charge is 0.269 e. The number of carbonyl (C=O) groups excluding carboxylic acids is 2. The minimum Gasteiger partial charge on any atom is -0.382 e. The number of amides is 2. The first-order valence-corrected chi connectivity index (χ1v) is 9.63. The first-order chi connectivity index (χ1) is 11.0. The maximum Gasteiger partial charge on any atom is 0.269 e. The van der Waals surface area contributed by atoms with Gasteiger partial charge in [0.2, 0.25) is 0 Å². The largest absolute Gasteiger partial charge is 0.382 e. The van der Waals surface area contributed by atoms with Crippen LogP contribution in [0.3, 0.4) is 0 Å². The molecule has 0 radical (unpaired) electrons. The predicted molar refractivity (Wildman–Crippen MR) is 95.4 cm³/mol. The number of hydrazine groups is 1. The van der Waals surface area contributed by atoms with Crippen molar-refractivity contribution < 1.29 is 14.7 Å². The van der Waals surface area contributed by atoms with Crippen LogP contribution in [0.2, 0.25) is 0 Å². The van der Waals surface area contributed by atoms with E-state index < -0.39 is 24.0 Å². The maximum atomic E-state index is 11.9. The molecule has 1 rings (SSSR count). The maximum absolute atomic E-state index is 11.9. The fourth-order valence-corrected chi connectivity index (χ4v) is 2.86. The Morgan fingerprint density at radius 1 is 1.26 bits per heavy atom. The average Bonchev–Trinajstić information content (AvgIpc) is 2.58. The summed E-state index contributed by atoms with van der Waals surface area (Å²) in [5, 5.41) is 9.84. The van der Waals surface area contributed by atoms with Crippen molar-refractivity contribution in [1.29, 1.82) is 0 Å². The molecule has 1 unspecified atom stereocenters. The van der Waals surface area contributed by atoms with Crippen molar-refractivity contribution in [1.82, 2.24) is 10.9 Å². The van der Waals surface area contributed by atoms with Gasteiger partial charge in [-0.2, -0.15) is 11.8 Å². The fraction of sp³-hybridized carbons (Fsp3) is 0.467. The molecule has 0 aliphatic rings. The number of thioether (sulfide) groups is 2. The Hall–Kier alpha value is -1.22. The quantitative estimate of drug-likeness (QED) is 0.314. The second kappa shape index (κ2) is 10.5. The predicted octanol–water partition coefficient (Wildman–Crippen LogP) is 1.00. The zero-order valence-electron chi connectivity index (χ0n) is 13.2. The third-order valence-corrected chi connectivity index (χ3v) is 4.80. The van der Waals surface area contributed by atoms with Crippen LogP contribution in [-0.4, -0.2) is 46.8 Å². The normalized spacial score (nSPS) is 13.2. The van der Waals surface area contributed by atoms with Crippen molar-refractivity contribution in [3.8, 4) is 0 Å². The minimum absolute atomic E-state index is 0.418. The SMILES string of the molecule is CCSCC[C@@H](N)C(O)C(=O)NNC(=O)c1ccc(SC)cc1. The molecule has 0 saturated carbocycles. The Balaban J connectivity index is 2.42. The zero-order valence-corrected chi connectivity index (χ0v) is 14.9. The Labute approximate surface area is 144 Å². The van der Waals surface area contributed by atoms with Crippen molar-refractivity contribution >= 4 is 35.3 Å². The van der Waals surface area contributed by atoms with Gasteiger partial charge in [0.1, 0.15) is 6.10 Å². The van der Waals surface area contributed by atoms with Crippen LogP contribution in [0.1, 0.15) is 23.7 Å². The monoisotopic (exact) mass is 357 g/mol. The summed E-state index contributed by atoms with van der Waals surface area (Å²) < 4.78 is 0. The highest BCUT2D eigenvalue weighted by Crippen LogP contribution is 2.14. The molecular weight excluding hydrogens is 334 g/mol. The van der Waals surface area contributed by atoms with Gasteiger partial charge in [0.15, 0.2) is 0 Å². The van der Waals surface area contributed by atoms with Gasteiger partial charge in [0.05, 0.1) is 0 Å². The molecule has 0 heterocycles. The topological polar surface area (TPSA) is 104 Å². The second-order valence-corrected chi connectivity index (χ2v) is 7.04. The molecule has 0 spiro atoms. The van der Waals surface area contributed by atoms with Crippen LogP contribution in [0.4, 0.5) is 0 Å². The summed E-state index contributed by atoms with van der Waals surface area (Å²) in [6, 6.07) is 6.30. The summed E-state index contributed by atoms with van der Waals surface area (Å²) >= 11 is 3.26. The van der Waals surface area contributed by atoms with Crippen LogP contribution >= 0.6 is 23.5 Å². The van der Waals surface area contributed by atoms with Gasteiger partial charge in [-0.25, -0.2) is 0 Å². The molecule has 5 N–H and O–H groups in total. The van der Waals surface area contributed by atoms with Crippen molar-refractivity contribution in [3.63, 3.8) is 0 Å². The first kappa shape index (κ1) is 19.8. The molecule has 0 bridgehead atoms. The molecule has 1 aromatic carbocycles. The number of hydrogen-bond donors (Lipinski definition) is 4.